The molecule has 1 heterocycles. The zero-order chi connectivity index (χ0) is 13.8. The number of nitrogens with zero attached hydrogens (tertiary/aromatic N) is 3. The molecule has 1 N–H and O–H groups in total. The highest BCUT2D eigenvalue weighted by Crippen LogP contribution is 2.15. The molecule has 0 atom stereocenters. The molecule has 0 unspecified atom stereocenters. The molecule has 0 radical (unpaired) electrons. The summed E-state index contributed by atoms with van der Waals surface area (Å²) in [7, 11) is 3.24. The van der Waals surface area contributed by atoms with Gasteiger partial charge >= 0.3 is 0 Å². The number of carbonyl (C=O) groups is 1. The van der Waals surface area contributed by atoms with Gasteiger partial charge in [-0.25, -0.2) is 0 Å². The van der Waals surface area contributed by atoms with E-state index in [0.29, 0.717) is 16.9 Å². The van der Waals surface area contributed by atoms with Gasteiger partial charge in [-0.2, -0.15) is 10.4 Å². The Labute approximate surface area is 110 Å². The van der Waals surface area contributed by atoms with Crippen molar-refractivity contribution in [2.45, 2.75) is 0 Å². The summed E-state index contributed by atoms with van der Waals surface area (Å²) in [4.78, 5) is 12.0. The van der Waals surface area contributed by atoms with Gasteiger partial charge in [0.2, 0.25) is 0 Å². The fourth-order valence-corrected chi connectivity index (χ4v) is 1.58. The maximum Gasteiger partial charge on any atom is 0.256 e. The molecular formula is C13H12N4O2. The first-order valence-electron chi connectivity index (χ1n) is 5.53. The Hall–Kier alpha value is -2.81. The van der Waals surface area contributed by atoms with Crippen LogP contribution in [-0.4, -0.2) is 22.8 Å². The van der Waals surface area contributed by atoms with Crippen LogP contribution in [0.3, 0.4) is 0 Å². The second kappa shape index (κ2) is 5.23. The number of nitriles is 1. The number of amides is 1. The lowest BCUT2D eigenvalue weighted by atomic mass is 10.2. The molecule has 0 aliphatic carbocycles. The molecule has 96 valence electrons. The summed E-state index contributed by atoms with van der Waals surface area (Å²) < 4.78 is 6.49. The summed E-state index contributed by atoms with van der Waals surface area (Å²) in [6, 6.07) is 8.64. The minimum absolute atomic E-state index is 0.255. The average Bonchev–Trinajstić information content (AvgIpc) is 2.78. The summed E-state index contributed by atoms with van der Waals surface area (Å²) in [5, 5.41) is 15.5. The molecular weight excluding hydrogens is 244 g/mol. The van der Waals surface area contributed by atoms with Crippen LogP contribution in [0.2, 0.25) is 0 Å². The molecule has 0 saturated carbocycles. The normalized spacial score (nSPS) is 9.74. The average molecular weight is 256 g/mol. The van der Waals surface area contributed by atoms with E-state index in [9.17, 15) is 4.79 Å². The van der Waals surface area contributed by atoms with E-state index in [1.165, 1.54) is 4.68 Å². The molecule has 0 spiro atoms. The third-order valence-corrected chi connectivity index (χ3v) is 2.53. The van der Waals surface area contributed by atoms with Crippen molar-refractivity contribution in [3.05, 3.63) is 41.6 Å². The molecule has 2 rings (SSSR count). The first-order valence-corrected chi connectivity index (χ1v) is 5.53. The Morgan fingerprint density at radius 2 is 2.11 bits per heavy atom. The van der Waals surface area contributed by atoms with Crippen LogP contribution in [0.4, 0.5) is 5.82 Å². The molecule has 0 saturated heterocycles. The van der Waals surface area contributed by atoms with E-state index in [1.54, 1.807) is 44.6 Å². The summed E-state index contributed by atoms with van der Waals surface area (Å²) in [5.41, 5.74) is 0.791. The number of anilines is 1. The number of hydrogen-bond donors (Lipinski definition) is 1. The number of carbonyl (C=O) groups excluding carboxylic acids is 1. The number of methoxy groups -OCH3 is 1. The summed E-state index contributed by atoms with van der Waals surface area (Å²) in [6.07, 6.45) is 1.55. The predicted octanol–water partition coefficient (Wildman–Crippen LogP) is 1.55. The van der Waals surface area contributed by atoms with E-state index in [1.807, 2.05) is 6.07 Å². The van der Waals surface area contributed by atoms with Crippen molar-refractivity contribution in [3.63, 3.8) is 0 Å². The lowest BCUT2D eigenvalue weighted by Crippen LogP contribution is -2.13. The van der Waals surface area contributed by atoms with Crippen molar-refractivity contribution in [3.8, 4) is 11.8 Å². The number of ether oxygens (including phenoxy) is 1. The number of hydrogen-bond acceptors (Lipinski definition) is 4. The van der Waals surface area contributed by atoms with Crippen molar-refractivity contribution in [2.75, 3.05) is 12.4 Å². The second-order valence-electron chi connectivity index (χ2n) is 3.86. The predicted molar refractivity (Wildman–Crippen MR) is 68.9 cm³/mol. The fraction of sp³-hybridized carbons (Fsp3) is 0.154. The van der Waals surface area contributed by atoms with E-state index in [2.05, 4.69) is 10.4 Å². The third kappa shape index (κ3) is 2.72. The number of aromatic nitrogens is 2. The van der Waals surface area contributed by atoms with Crippen LogP contribution in [0.25, 0.3) is 0 Å². The van der Waals surface area contributed by atoms with E-state index in [-0.39, 0.29) is 11.7 Å². The van der Waals surface area contributed by atoms with Crippen LogP contribution >= 0.6 is 0 Å². The molecule has 19 heavy (non-hydrogen) atoms. The SMILES string of the molecule is COc1ccc(C(=O)Nc2nn(C)cc2C#N)cc1. The molecule has 1 amide bonds. The molecule has 2 aromatic rings. The van der Waals surface area contributed by atoms with Crippen molar-refractivity contribution in [2.24, 2.45) is 7.05 Å². The maximum atomic E-state index is 12.0. The summed E-state index contributed by atoms with van der Waals surface area (Å²) in [5.74, 6) is 0.607. The molecule has 1 aromatic heterocycles. The Balaban J connectivity index is 2.18. The molecule has 0 bridgehead atoms. The smallest absolute Gasteiger partial charge is 0.256 e. The molecule has 6 nitrogen and oxygen atoms in total. The number of rotatable bonds is 3. The van der Waals surface area contributed by atoms with Gasteiger partial charge in [0.15, 0.2) is 5.82 Å². The molecule has 1 aromatic carbocycles. The zero-order valence-corrected chi connectivity index (χ0v) is 10.5. The third-order valence-electron chi connectivity index (χ3n) is 2.53. The van der Waals surface area contributed by atoms with Gasteiger partial charge in [-0.05, 0) is 24.3 Å². The Kier molecular flexibility index (Phi) is 3.48. The lowest BCUT2D eigenvalue weighted by Gasteiger charge is -2.04. The van der Waals surface area contributed by atoms with Crippen LogP contribution in [0.5, 0.6) is 5.75 Å². The minimum Gasteiger partial charge on any atom is -0.497 e. The van der Waals surface area contributed by atoms with Crippen LogP contribution in [0, 0.1) is 11.3 Å². The largest absolute Gasteiger partial charge is 0.497 e. The van der Waals surface area contributed by atoms with Crippen LogP contribution in [0.15, 0.2) is 30.5 Å². The van der Waals surface area contributed by atoms with Gasteiger partial charge in [-0.15, -0.1) is 0 Å². The molecule has 0 aliphatic rings. The first-order chi connectivity index (χ1) is 9.13. The Morgan fingerprint density at radius 3 is 2.68 bits per heavy atom. The summed E-state index contributed by atoms with van der Waals surface area (Å²) in [6.45, 7) is 0. The topological polar surface area (TPSA) is 79.9 Å². The van der Waals surface area contributed by atoms with Crippen molar-refractivity contribution < 1.29 is 9.53 Å². The minimum atomic E-state index is -0.321. The van der Waals surface area contributed by atoms with Crippen LogP contribution < -0.4 is 10.1 Å². The Bertz CT molecular complexity index is 638. The van der Waals surface area contributed by atoms with Gasteiger partial charge in [0, 0.05) is 18.8 Å². The molecule has 0 fully saturated rings. The summed E-state index contributed by atoms with van der Waals surface area (Å²) >= 11 is 0. The highest BCUT2D eigenvalue weighted by molar-refractivity contribution is 6.04. The van der Waals surface area contributed by atoms with Crippen molar-refractivity contribution in [1.29, 1.82) is 5.26 Å². The van der Waals surface area contributed by atoms with Gasteiger partial charge in [0.05, 0.1) is 7.11 Å². The van der Waals surface area contributed by atoms with Gasteiger partial charge in [0.1, 0.15) is 17.4 Å². The van der Waals surface area contributed by atoms with Crippen molar-refractivity contribution >= 4 is 11.7 Å². The monoisotopic (exact) mass is 256 g/mol. The van der Waals surface area contributed by atoms with Crippen LogP contribution in [0.1, 0.15) is 15.9 Å². The highest BCUT2D eigenvalue weighted by atomic mass is 16.5. The van der Waals surface area contributed by atoms with Gasteiger partial charge < -0.3 is 10.1 Å². The van der Waals surface area contributed by atoms with Gasteiger partial charge in [-0.1, -0.05) is 0 Å². The fourth-order valence-electron chi connectivity index (χ4n) is 1.58. The van der Waals surface area contributed by atoms with E-state index in [4.69, 9.17) is 10.00 Å². The molecule has 0 aliphatic heterocycles. The molecule has 6 heteroatoms. The zero-order valence-electron chi connectivity index (χ0n) is 10.5. The van der Waals surface area contributed by atoms with E-state index in [0.717, 1.165) is 0 Å². The lowest BCUT2D eigenvalue weighted by molar-refractivity contribution is 0.102. The van der Waals surface area contributed by atoms with Crippen LogP contribution in [-0.2, 0) is 7.05 Å². The Morgan fingerprint density at radius 1 is 1.42 bits per heavy atom. The van der Waals surface area contributed by atoms with Gasteiger partial charge in [-0.3, -0.25) is 9.48 Å². The first kappa shape index (κ1) is 12.6. The second-order valence-corrected chi connectivity index (χ2v) is 3.86. The highest BCUT2D eigenvalue weighted by Gasteiger charge is 2.12. The number of aryl methyl sites for hydroxylation is 1. The van der Waals surface area contributed by atoms with Gasteiger partial charge in [0.25, 0.3) is 5.91 Å². The van der Waals surface area contributed by atoms with E-state index >= 15 is 0 Å². The standard InChI is InChI=1S/C13H12N4O2/c1-17-8-10(7-14)12(16-17)15-13(18)9-3-5-11(19-2)6-4-9/h3-6,8H,1-2H3,(H,15,16,18). The number of benzene rings is 1. The maximum absolute atomic E-state index is 12.0. The quantitative estimate of drug-likeness (QED) is 0.903. The van der Waals surface area contributed by atoms with E-state index < -0.39 is 0 Å². The van der Waals surface area contributed by atoms with Crippen molar-refractivity contribution in [1.82, 2.24) is 9.78 Å². The number of nitrogens with one attached hydrogen (secondary N) is 1.